The molecule has 2 aliphatic rings. The highest BCUT2D eigenvalue weighted by Crippen LogP contribution is 2.45. The van der Waals surface area contributed by atoms with Crippen LogP contribution < -0.4 is 10.6 Å². The number of nitrogens with one attached hydrogen (secondary N) is 5. The molecule has 3 aromatic carbocycles. The zero-order valence-corrected chi connectivity index (χ0v) is 38.8. The highest BCUT2D eigenvalue weighted by molar-refractivity contribution is 5.90. The van der Waals surface area contributed by atoms with Crippen LogP contribution in [0, 0.1) is 16.7 Å². The Morgan fingerprint density at radius 1 is 0.859 bits per heavy atom. The summed E-state index contributed by atoms with van der Waals surface area (Å²) in [6.07, 6.45) is 11.2. The van der Waals surface area contributed by atoms with Crippen molar-refractivity contribution < 1.29 is 28.7 Å². The summed E-state index contributed by atoms with van der Waals surface area (Å²) in [5, 5.41) is 13.3. The molecule has 1 aliphatic carbocycles. The van der Waals surface area contributed by atoms with Crippen LogP contribution in [0.15, 0.2) is 73.1 Å². The number of aromatic amines is 2. The normalized spacial score (nSPS) is 15.8. The van der Waals surface area contributed by atoms with E-state index in [4.69, 9.17) is 10.4 Å². The average molecular weight is 878 g/mol. The summed E-state index contributed by atoms with van der Waals surface area (Å²) in [6, 6.07) is 22.0. The van der Waals surface area contributed by atoms with Gasteiger partial charge >= 0.3 is 12.2 Å². The number of methoxy groups -OCH3 is 2. The number of carbonyl (C=O) groups is 4. The van der Waals surface area contributed by atoms with E-state index < -0.39 is 12.2 Å². The summed E-state index contributed by atoms with van der Waals surface area (Å²) in [5.74, 6) is 2.24. The van der Waals surface area contributed by atoms with E-state index in [9.17, 15) is 19.2 Å². The van der Waals surface area contributed by atoms with Crippen LogP contribution in [0.3, 0.4) is 0 Å². The van der Waals surface area contributed by atoms with Gasteiger partial charge in [0.15, 0.2) is 0 Å². The number of H-pyrrole nitrogens is 2. The van der Waals surface area contributed by atoms with Crippen LogP contribution in [0.25, 0.3) is 44.4 Å². The van der Waals surface area contributed by atoms with Crippen molar-refractivity contribution in [2.24, 2.45) is 11.3 Å². The Hall–Kier alpha value is -6.35. The Labute approximate surface area is 377 Å². The standard InChI is InChI=1S/C39H45N7O3.C4H7NO3.C3H7N.C3H8/c1-5-25-14-17-45(3)36(25)37-41-21-32(44-37)27-8-6-26(7-9-27)28-10-11-30-19-31(13-12-29(30)18-28)33-20-40-34(43-33)23-46(24-39(2)15-16-39)35(47)22-42-38(48)49-4;1-8-4(7)5-2-3-6;1-2-3-4;1-3-2/h6-13,18-21,25,36H,5,14-17,22-24H2,1-4H3,(H,40,43)(H,41,44)(H,42,48);3H,2H2,1H3,(H,5,7);3-4H,2H2,1H3;3H2,1-2H3. The molecule has 1 aliphatic heterocycles. The number of likely N-dealkylation sites (tertiary alicyclic amines) is 1. The molecule has 15 heteroatoms. The van der Waals surface area contributed by atoms with Crippen molar-refractivity contribution in [3.05, 3.63) is 84.7 Å². The van der Waals surface area contributed by atoms with Gasteiger partial charge in [-0.15, -0.1) is 0 Å². The summed E-state index contributed by atoms with van der Waals surface area (Å²) in [4.78, 5) is 64.8. The maximum Gasteiger partial charge on any atom is 0.407 e. The smallest absolute Gasteiger partial charge is 0.407 e. The number of benzene rings is 3. The molecule has 7 rings (SSSR count). The Kier molecular flexibility index (Phi) is 19.7. The Bertz CT molecular complexity index is 2270. The van der Waals surface area contributed by atoms with Gasteiger partial charge in [-0.05, 0) is 96.4 Å². The first-order valence-electron chi connectivity index (χ1n) is 22.1. The lowest BCUT2D eigenvalue weighted by Crippen LogP contribution is -2.42. The van der Waals surface area contributed by atoms with Crippen molar-refractivity contribution in [2.75, 3.05) is 47.4 Å². The first kappa shape index (κ1) is 50.3. The predicted molar refractivity (Wildman–Crippen MR) is 253 cm³/mol. The van der Waals surface area contributed by atoms with Crippen LogP contribution in [0.2, 0.25) is 0 Å². The van der Waals surface area contributed by atoms with Crippen molar-refractivity contribution in [2.45, 2.75) is 85.7 Å². The molecule has 64 heavy (non-hydrogen) atoms. The van der Waals surface area contributed by atoms with E-state index in [2.05, 4.69) is 135 Å². The minimum absolute atomic E-state index is 0.00662. The van der Waals surface area contributed by atoms with Gasteiger partial charge in [0, 0.05) is 12.1 Å². The van der Waals surface area contributed by atoms with Gasteiger partial charge in [0.25, 0.3) is 0 Å². The molecular weight excluding hydrogens is 811 g/mol. The van der Waals surface area contributed by atoms with E-state index in [1.165, 1.54) is 39.7 Å². The fourth-order valence-corrected chi connectivity index (χ4v) is 7.32. The average Bonchev–Trinajstić information content (AvgIpc) is 3.67. The molecule has 0 bridgehead atoms. The van der Waals surface area contributed by atoms with Crippen LogP contribution in [0.1, 0.15) is 90.8 Å². The molecule has 2 atom stereocenters. The van der Waals surface area contributed by atoms with Gasteiger partial charge in [0.2, 0.25) is 5.91 Å². The number of carbonyl (C=O) groups excluding carboxylic acids is 4. The molecule has 3 amide bonds. The molecule has 344 valence electrons. The lowest BCUT2D eigenvalue weighted by Gasteiger charge is -2.25. The van der Waals surface area contributed by atoms with E-state index in [0.717, 1.165) is 76.0 Å². The Morgan fingerprint density at radius 3 is 2.02 bits per heavy atom. The quantitative estimate of drug-likeness (QED) is 0.0533. The number of rotatable bonds is 14. The third-order valence-electron chi connectivity index (χ3n) is 11.1. The van der Waals surface area contributed by atoms with Crippen LogP contribution in [-0.2, 0) is 25.6 Å². The topological polar surface area (TPSA) is 198 Å². The van der Waals surface area contributed by atoms with Gasteiger partial charge in [-0.1, -0.05) is 96.0 Å². The van der Waals surface area contributed by atoms with E-state index in [1.54, 1.807) is 4.90 Å². The number of ether oxygens (including phenoxy) is 2. The summed E-state index contributed by atoms with van der Waals surface area (Å²) < 4.78 is 8.77. The SMILES string of the molecule is CCC.CCC1CCN(C)C1c1ncc(-c2ccc(-c3ccc4cc(-c5cnc(CN(CC6(C)CC6)C(=O)CNC(=O)OC)[nH]5)ccc4c3)cc2)[nH]1.CCC=N.COC(=O)NCC=O. The maximum atomic E-state index is 13.0. The van der Waals surface area contributed by atoms with Gasteiger partial charge in [0.1, 0.15) is 24.5 Å². The second-order valence-electron chi connectivity index (χ2n) is 16.4. The van der Waals surface area contributed by atoms with Gasteiger partial charge in [-0.3, -0.25) is 9.69 Å². The fourth-order valence-electron chi connectivity index (χ4n) is 7.32. The third-order valence-corrected chi connectivity index (χ3v) is 11.1. The van der Waals surface area contributed by atoms with Crippen molar-refractivity contribution in [3.8, 4) is 33.6 Å². The lowest BCUT2D eigenvalue weighted by molar-refractivity contribution is -0.131. The number of fused-ring (bicyclic) bond motifs is 1. The number of amides is 3. The molecule has 0 radical (unpaired) electrons. The minimum atomic E-state index is -0.621. The van der Waals surface area contributed by atoms with Gasteiger partial charge in [-0.2, -0.15) is 0 Å². The number of hydrogen-bond donors (Lipinski definition) is 5. The number of aldehydes is 1. The summed E-state index contributed by atoms with van der Waals surface area (Å²) in [6.45, 7) is 12.6. The van der Waals surface area contributed by atoms with Gasteiger partial charge in [-0.25, -0.2) is 19.6 Å². The second-order valence-corrected chi connectivity index (χ2v) is 16.4. The maximum absolute atomic E-state index is 13.0. The first-order chi connectivity index (χ1) is 30.8. The number of nitrogens with zero attached hydrogens (tertiary/aromatic N) is 4. The Balaban J connectivity index is 0.000000519. The lowest BCUT2D eigenvalue weighted by atomic mass is 9.97. The molecule has 5 N–H and O–H groups in total. The summed E-state index contributed by atoms with van der Waals surface area (Å²) in [5.41, 5.74) is 6.54. The van der Waals surface area contributed by atoms with Crippen LogP contribution in [0.5, 0.6) is 0 Å². The predicted octanol–water partition coefficient (Wildman–Crippen LogP) is 9.18. The summed E-state index contributed by atoms with van der Waals surface area (Å²) in [7, 11) is 4.72. The Morgan fingerprint density at radius 2 is 1.42 bits per heavy atom. The number of alkyl carbamates (subject to hydrolysis) is 2. The third kappa shape index (κ3) is 14.6. The van der Waals surface area contributed by atoms with Crippen LogP contribution in [0.4, 0.5) is 9.59 Å². The van der Waals surface area contributed by atoms with Crippen molar-refractivity contribution in [1.29, 1.82) is 5.41 Å². The van der Waals surface area contributed by atoms with Crippen LogP contribution >= 0.6 is 0 Å². The van der Waals surface area contributed by atoms with Crippen LogP contribution in [-0.4, -0.2) is 108 Å². The molecule has 3 heterocycles. The molecule has 2 aromatic heterocycles. The number of aromatic nitrogens is 4. The molecule has 15 nitrogen and oxygen atoms in total. The molecule has 1 saturated carbocycles. The zero-order chi connectivity index (χ0) is 46.6. The van der Waals surface area contributed by atoms with Gasteiger partial charge < -0.3 is 45.2 Å². The molecule has 2 unspecified atom stereocenters. The van der Waals surface area contributed by atoms with E-state index in [-0.39, 0.29) is 24.4 Å². The largest absolute Gasteiger partial charge is 0.453 e. The number of hydrogen-bond acceptors (Lipinski definition) is 10. The van der Waals surface area contributed by atoms with Crippen molar-refractivity contribution in [1.82, 2.24) is 40.4 Å². The highest BCUT2D eigenvalue weighted by Gasteiger charge is 2.40. The molecular formula is C49H67N9O6. The monoisotopic (exact) mass is 878 g/mol. The second kappa shape index (κ2) is 25.1. The van der Waals surface area contributed by atoms with E-state index in [0.29, 0.717) is 37.2 Å². The fraction of sp³-hybridized carbons (Fsp3) is 0.449. The van der Waals surface area contributed by atoms with Gasteiger partial charge in [0.05, 0.1) is 57.1 Å². The minimum Gasteiger partial charge on any atom is -0.453 e. The van der Waals surface area contributed by atoms with Crippen molar-refractivity contribution >= 4 is 41.4 Å². The molecule has 2 fully saturated rings. The summed E-state index contributed by atoms with van der Waals surface area (Å²) >= 11 is 0. The van der Waals surface area contributed by atoms with Crippen molar-refractivity contribution in [3.63, 3.8) is 0 Å². The highest BCUT2D eigenvalue weighted by atomic mass is 16.5. The molecule has 1 saturated heterocycles. The zero-order valence-electron chi connectivity index (χ0n) is 38.8. The first-order valence-corrected chi connectivity index (χ1v) is 22.1. The van der Waals surface area contributed by atoms with E-state index in [1.807, 2.05) is 19.3 Å². The number of imidazole rings is 2. The molecule has 5 aromatic rings. The molecule has 0 spiro atoms. The van der Waals surface area contributed by atoms with E-state index >= 15 is 0 Å².